The first-order chi connectivity index (χ1) is 9.53. The molecule has 0 heterocycles. The lowest BCUT2D eigenvalue weighted by Crippen LogP contribution is -2.21. The van der Waals surface area contributed by atoms with Crippen molar-refractivity contribution in [2.24, 2.45) is 0 Å². The van der Waals surface area contributed by atoms with Gasteiger partial charge in [0.25, 0.3) is 0 Å². The lowest BCUT2D eigenvalue weighted by molar-refractivity contribution is 0.0601. The van der Waals surface area contributed by atoms with E-state index in [0.717, 1.165) is 27.5 Å². The van der Waals surface area contributed by atoms with Crippen molar-refractivity contribution in [2.45, 2.75) is 45.6 Å². The Morgan fingerprint density at radius 3 is 2.60 bits per heavy atom. The summed E-state index contributed by atoms with van der Waals surface area (Å²) in [7, 11) is 1.40. The molecule has 0 radical (unpaired) electrons. The highest BCUT2D eigenvalue weighted by atomic mass is 79.9. The summed E-state index contributed by atoms with van der Waals surface area (Å²) in [5.74, 6) is -0.333. The number of carbonyl (C=O) groups is 1. The molecule has 3 nitrogen and oxygen atoms in total. The van der Waals surface area contributed by atoms with Gasteiger partial charge in [-0.3, -0.25) is 0 Å². The van der Waals surface area contributed by atoms with Crippen LogP contribution in [0.5, 0.6) is 0 Å². The minimum atomic E-state index is -0.333. The summed E-state index contributed by atoms with van der Waals surface area (Å²) in [5.41, 5.74) is 1.35. The van der Waals surface area contributed by atoms with Crippen molar-refractivity contribution in [2.75, 3.05) is 12.4 Å². The molecule has 1 rings (SSSR count). The molecule has 112 valence electrons. The molecule has 1 aromatic rings. The molecular weight excluding hydrogens is 386 g/mol. The minimum Gasteiger partial charge on any atom is -0.465 e. The van der Waals surface area contributed by atoms with Gasteiger partial charge in [0.05, 0.1) is 18.4 Å². The van der Waals surface area contributed by atoms with E-state index in [9.17, 15) is 4.79 Å². The van der Waals surface area contributed by atoms with Gasteiger partial charge in [-0.25, -0.2) is 4.79 Å². The van der Waals surface area contributed by atoms with Gasteiger partial charge in [-0.1, -0.05) is 42.6 Å². The number of nitrogens with one attached hydrogen (secondary N) is 1. The average Bonchev–Trinajstić information content (AvgIpc) is 2.44. The van der Waals surface area contributed by atoms with Crippen LogP contribution in [-0.4, -0.2) is 19.1 Å². The lowest BCUT2D eigenvalue weighted by atomic mass is 10.1. The summed E-state index contributed by atoms with van der Waals surface area (Å²) in [6, 6.07) is 4.07. The van der Waals surface area contributed by atoms with Gasteiger partial charge in [0.15, 0.2) is 0 Å². The Kier molecular flexibility index (Phi) is 7.59. The standard InChI is InChI=1S/C15H21Br2NO2/c1-4-6-7-11(5-2)18-14-12(15(19)20-3)8-10(16)9-13(14)17/h8-9,11,18H,4-7H2,1-3H3. The number of ether oxygens (including phenoxy) is 1. The second-order valence-electron chi connectivity index (χ2n) is 4.69. The van der Waals surface area contributed by atoms with Gasteiger partial charge in [-0.05, 0) is 40.9 Å². The molecular formula is C15H21Br2NO2. The largest absolute Gasteiger partial charge is 0.465 e. The fourth-order valence-corrected chi connectivity index (χ4v) is 3.36. The lowest BCUT2D eigenvalue weighted by Gasteiger charge is -2.21. The summed E-state index contributed by atoms with van der Waals surface area (Å²) < 4.78 is 6.57. The predicted octanol–water partition coefficient (Wildman–Crippen LogP) is 5.38. The van der Waals surface area contributed by atoms with Crippen molar-refractivity contribution < 1.29 is 9.53 Å². The zero-order valence-electron chi connectivity index (χ0n) is 12.1. The maximum absolute atomic E-state index is 11.9. The van der Waals surface area contributed by atoms with Crippen LogP contribution in [0.2, 0.25) is 0 Å². The topological polar surface area (TPSA) is 38.3 Å². The van der Waals surface area contributed by atoms with Gasteiger partial charge in [-0.15, -0.1) is 0 Å². The molecule has 1 N–H and O–H groups in total. The molecule has 5 heteroatoms. The molecule has 0 aliphatic rings. The molecule has 1 aromatic carbocycles. The Morgan fingerprint density at radius 2 is 2.05 bits per heavy atom. The molecule has 0 aliphatic heterocycles. The SMILES string of the molecule is CCCCC(CC)Nc1c(Br)cc(Br)cc1C(=O)OC. The van der Waals surface area contributed by atoms with Crippen molar-refractivity contribution in [1.29, 1.82) is 0 Å². The van der Waals surface area contributed by atoms with Crippen molar-refractivity contribution >= 4 is 43.5 Å². The van der Waals surface area contributed by atoms with Crippen LogP contribution in [0.15, 0.2) is 21.1 Å². The van der Waals surface area contributed by atoms with Gasteiger partial charge in [0, 0.05) is 15.0 Å². The molecule has 20 heavy (non-hydrogen) atoms. The monoisotopic (exact) mass is 405 g/mol. The van der Waals surface area contributed by atoms with Crippen LogP contribution in [-0.2, 0) is 4.74 Å². The van der Waals surface area contributed by atoms with Crippen LogP contribution < -0.4 is 5.32 Å². The van der Waals surface area contributed by atoms with E-state index >= 15 is 0 Å². The second-order valence-corrected chi connectivity index (χ2v) is 6.46. The molecule has 0 aromatic heterocycles. The van der Waals surface area contributed by atoms with E-state index < -0.39 is 0 Å². The number of unbranched alkanes of at least 4 members (excludes halogenated alkanes) is 1. The number of esters is 1. The van der Waals surface area contributed by atoms with Crippen LogP contribution in [0.3, 0.4) is 0 Å². The van der Waals surface area contributed by atoms with E-state index in [-0.39, 0.29) is 5.97 Å². The number of anilines is 1. The Morgan fingerprint density at radius 1 is 1.35 bits per heavy atom. The highest BCUT2D eigenvalue weighted by Crippen LogP contribution is 2.32. The maximum atomic E-state index is 11.9. The van der Waals surface area contributed by atoms with Crippen molar-refractivity contribution in [3.05, 3.63) is 26.6 Å². The van der Waals surface area contributed by atoms with E-state index in [4.69, 9.17) is 4.74 Å². The average molecular weight is 407 g/mol. The summed E-state index contributed by atoms with van der Waals surface area (Å²) in [6.45, 7) is 4.33. The van der Waals surface area contributed by atoms with Gasteiger partial charge in [0.2, 0.25) is 0 Å². The third-order valence-electron chi connectivity index (χ3n) is 3.21. The maximum Gasteiger partial charge on any atom is 0.340 e. The second kappa shape index (κ2) is 8.67. The van der Waals surface area contributed by atoms with Crippen LogP contribution in [0.25, 0.3) is 0 Å². The molecule has 1 unspecified atom stereocenters. The van der Waals surface area contributed by atoms with Crippen molar-refractivity contribution in [3.8, 4) is 0 Å². The van der Waals surface area contributed by atoms with E-state index in [1.165, 1.54) is 20.0 Å². The smallest absolute Gasteiger partial charge is 0.340 e. The van der Waals surface area contributed by atoms with E-state index in [2.05, 4.69) is 51.0 Å². The van der Waals surface area contributed by atoms with Gasteiger partial charge in [-0.2, -0.15) is 0 Å². The highest BCUT2D eigenvalue weighted by Gasteiger charge is 2.18. The zero-order valence-corrected chi connectivity index (χ0v) is 15.3. The normalized spacial score (nSPS) is 12.1. The first-order valence-electron chi connectivity index (χ1n) is 6.87. The third-order valence-corrected chi connectivity index (χ3v) is 4.29. The molecule has 0 bridgehead atoms. The van der Waals surface area contributed by atoms with Gasteiger partial charge >= 0.3 is 5.97 Å². The first kappa shape index (κ1) is 17.5. The highest BCUT2D eigenvalue weighted by molar-refractivity contribution is 9.11. The fraction of sp³-hybridized carbons (Fsp3) is 0.533. The fourth-order valence-electron chi connectivity index (χ4n) is 2.02. The first-order valence-corrected chi connectivity index (χ1v) is 8.45. The predicted molar refractivity (Wildman–Crippen MR) is 90.4 cm³/mol. The van der Waals surface area contributed by atoms with E-state index in [1.807, 2.05) is 6.07 Å². The molecule has 1 atom stereocenters. The number of methoxy groups -OCH3 is 1. The summed E-state index contributed by atoms with van der Waals surface area (Å²) in [5, 5.41) is 3.47. The third kappa shape index (κ3) is 4.77. The van der Waals surface area contributed by atoms with Crippen LogP contribution in [0.4, 0.5) is 5.69 Å². The number of hydrogen-bond acceptors (Lipinski definition) is 3. The minimum absolute atomic E-state index is 0.333. The Balaban J connectivity index is 3.05. The molecule has 0 saturated heterocycles. The van der Waals surface area contributed by atoms with E-state index in [1.54, 1.807) is 6.07 Å². The summed E-state index contributed by atoms with van der Waals surface area (Å²) in [4.78, 5) is 11.9. The summed E-state index contributed by atoms with van der Waals surface area (Å²) >= 11 is 6.93. The zero-order chi connectivity index (χ0) is 15.1. The van der Waals surface area contributed by atoms with E-state index in [0.29, 0.717) is 11.6 Å². The number of benzene rings is 1. The molecule has 0 fully saturated rings. The van der Waals surface area contributed by atoms with Gasteiger partial charge < -0.3 is 10.1 Å². The number of hydrogen-bond donors (Lipinski definition) is 1. The molecule has 0 aliphatic carbocycles. The number of carbonyl (C=O) groups excluding carboxylic acids is 1. The molecule has 0 amide bonds. The Bertz CT molecular complexity index is 463. The Hall–Kier alpha value is -0.550. The molecule has 0 spiro atoms. The van der Waals surface area contributed by atoms with Crippen molar-refractivity contribution in [3.63, 3.8) is 0 Å². The van der Waals surface area contributed by atoms with Crippen molar-refractivity contribution in [1.82, 2.24) is 0 Å². The Labute approximate surface area is 137 Å². The summed E-state index contributed by atoms with van der Waals surface area (Å²) in [6.07, 6.45) is 4.45. The van der Waals surface area contributed by atoms with Crippen LogP contribution in [0, 0.1) is 0 Å². The number of rotatable bonds is 7. The number of halogens is 2. The van der Waals surface area contributed by atoms with Crippen LogP contribution >= 0.6 is 31.9 Å². The molecule has 0 saturated carbocycles. The van der Waals surface area contributed by atoms with Crippen LogP contribution in [0.1, 0.15) is 49.9 Å². The quantitative estimate of drug-likeness (QED) is 0.617. The van der Waals surface area contributed by atoms with Gasteiger partial charge in [0.1, 0.15) is 0 Å².